The largest absolute Gasteiger partial charge is 0.480 e. The van der Waals surface area contributed by atoms with Gasteiger partial charge in [0.2, 0.25) is 0 Å². The summed E-state index contributed by atoms with van der Waals surface area (Å²) in [5.41, 5.74) is 3.76. The van der Waals surface area contributed by atoms with E-state index in [1.165, 1.54) is 0 Å². The van der Waals surface area contributed by atoms with Gasteiger partial charge in [-0.3, -0.25) is 4.79 Å². The van der Waals surface area contributed by atoms with Crippen molar-refractivity contribution in [3.05, 3.63) is 0 Å². The van der Waals surface area contributed by atoms with Crippen LogP contribution in [0, 0.1) is 0 Å². The van der Waals surface area contributed by atoms with E-state index in [-0.39, 0.29) is 12.8 Å². The zero-order valence-electron chi connectivity index (χ0n) is 6.22. The molecule has 2 atom stereocenters. The normalized spacial score (nSPS) is 38.5. The highest BCUT2D eigenvalue weighted by Crippen LogP contribution is 2.28. The molecule has 3 N–H and O–H groups in total. The molecular formula is C7H12FNO2. The maximum atomic E-state index is 13.0. The number of halogens is 1. The number of carboxylic acids is 1. The van der Waals surface area contributed by atoms with Crippen molar-refractivity contribution in [2.75, 3.05) is 0 Å². The molecule has 4 heteroatoms. The van der Waals surface area contributed by atoms with E-state index >= 15 is 0 Å². The first-order valence-electron chi connectivity index (χ1n) is 3.74. The molecule has 0 aromatic rings. The first-order valence-corrected chi connectivity index (χ1v) is 3.74. The van der Waals surface area contributed by atoms with Crippen LogP contribution in [0.1, 0.15) is 25.7 Å². The number of hydrogen-bond acceptors (Lipinski definition) is 2. The minimum atomic E-state index is -1.61. The molecule has 0 bridgehead atoms. The second kappa shape index (κ2) is 2.77. The van der Waals surface area contributed by atoms with Crippen LogP contribution >= 0.6 is 0 Å². The number of alkyl halides is 1. The predicted molar refractivity (Wildman–Crippen MR) is 37.9 cm³/mol. The third kappa shape index (κ3) is 1.35. The minimum absolute atomic E-state index is 0.253. The van der Waals surface area contributed by atoms with Crippen LogP contribution in [-0.4, -0.2) is 22.8 Å². The molecule has 0 saturated heterocycles. The molecule has 0 aromatic heterocycles. The van der Waals surface area contributed by atoms with Crippen molar-refractivity contribution in [1.29, 1.82) is 0 Å². The Hall–Kier alpha value is -0.640. The zero-order valence-corrected chi connectivity index (χ0v) is 6.22. The summed E-state index contributed by atoms with van der Waals surface area (Å²) in [7, 11) is 0. The van der Waals surface area contributed by atoms with E-state index in [2.05, 4.69) is 0 Å². The number of rotatable bonds is 1. The molecule has 2 unspecified atom stereocenters. The summed E-state index contributed by atoms with van der Waals surface area (Å²) in [6.07, 6.45) is 0.608. The lowest BCUT2D eigenvalue weighted by atomic mass is 9.81. The van der Waals surface area contributed by atoms with Gasteiger partial charge in [-0.1, -0.05) is 12.8 Å². The molecule has 0 aromatic carbocycles. The van der Waals surface area contributed by atoms with Crippen molar-refractivity contribution in [1.82, 2.24) is 0 Å². The first kappa shape index (κ1) is 8.46. The third-order valence-corrected chi connectivity index (χ3v) is 2.26. The standard InChI is InChI=1S/C7H12FNO2/c8-5-3-1-2-4-7(5,9)6(10)11/h5H,1-4,9H2,(H,10,11). The van der Waals surface area contributed by atoms with Crippen LogP contribution in [0.5, 0.6) is 0 Å². The van der Waals surface area contributed by atoms with Gasteiger partial charge in [0.05, 0.1) is 0 Å². The highest BCUT2D eigenvalue weighted by atomic mass is 19.1. The SMILES string of the molecule is NC1(C(=O)O)CCCCC1F. The summed E-state index contributed by atoms with van der Waals surface area (Å²) in [5.74, 6) is -1.22. The fourth-order valence-electron chi connectivity index (χ4n) is 1.40. The van der Waals surface area contributed by atoms with Crippen LogP contribution in [0.3, 0.4) is 0 Å². The lowest BCUT2D eigenvalue weighted by Crippen LogP contribution is -2.57. The van der Waals surface area contributed by atoms with Gasteiger partial charge in [-0.15, -0.1) is 0 Å². The van der Waals surface area contributed by atoms with E-state index in [4.69, 9.17) is 10.8 Å². The molecule has 1 rings (SSSR count). The molecule has 1 aliphatic rings. The monoisotopic (exact) mass is 161 g/mol. The summed E-state index contributed by atoms with van der Waals surface area (Å²) < 4.78 is 13.0. The Morgan fingerprint density at radius 2 is 2.27 bits per heavy atom. The second-order valence-electron chi connectivity index (χ2n) is 3.06. The highest BCUT2D eigenvalue weighted by molar-refractivity contribution is 5.79. The van der Waals surface area contributed by atoms with E-state index in [1.807, 2.05) is 0 Å². The first-order chi connectivity index (χ1) is 5.07. The fourth-order valence-corrected chi connectivity index (χ4v) is 1.40. The van der Waals surface area contributed by atoms with Crippen LogP contribution in [0.2, 0.25) is 0 Å². The lowest BCUT2D eigenvalue weighted by molar-refractivity contribution is -0.147. The van der Waals surface area contributed by atoms with Gasteiger partial charge in [-0.05, 0) is 12.8 Å². The Kier molecular flexibility index (Phi) is 2.13. The van der Waals surface area contributed by atoms with Crippen LogP contribution in [0.15, 0.2) is 0 Å². The molecule has 0 heterocycles. The predicted octanol–water partition coefficient (Wildman–Crippen LogP) is 0.681. The number of nitrogens with two attached hydrogens (primary N) is 1. The second-order valence-corrected chi connectivity index (χ2v) is 3.06. The number of hydrogen-bond donors (Lipinski definition) is 2. The molecule has 1 fully saturated rings. The van der Waals surface area contributed by atoms with Crippen LogP contribution in [0.4, 0.5) is 4.39 Å². The van der Waals surface area contributed by atoms with E-state index in [0.29, 0.717) is 6.42 Å². The van der Waals surface area contributed by atoms with Gasteiger partial charge >= 0.3 is 5.97 Å². The van der Waals surface area contributed by atoms with Gasteiger partial charge in [0.25, 0.3) is 0 Å². The van der Waals surface area contributed by atoms with Gasteiger partial charge in [-0.2, -0.15) is 0 Å². The smallest absolute Gasteiger partial charge is 0.326 e. The van der Waals surface area contributed by atoms with Crippen LogP contribution < -0.4 is 5.73 Å². The van der Waals surface area contributed by atoms with Crippen molar-refractivity contribution >= 4 is 5.97 Å². The molecule has 3 nitrogen and oxygen atoms in total. The molecule has 11 heavy (non-hydrogen) atoms. The van der Waals surface area contributed by atoms with Crippen molar-refractivity contribution in [2.24, 2.45) is 5.73 Å². The Bertz CT molecular complexity index is 174. The maximum absolute atomic E-state index is 13.0. The molecule has 1 saturated carbocycles. The molecule has 64 valence electrons. The van der Waals surface area contributed by atoms with Gasteiger partial charge in [0.15, 0.2) is 0 Å². The Labute approximate surface area is 64.4 Å². The maximum Gasteiger partial charge on any atom is 0.326 e. The quantitative estimate of drug-likeness (QED) is 0.594. The number of carboxylic acid groups (broad SMARTS) is 1. The molecule has 0 radical (unpaired) electrons. The van der Waals surface area contributed by atoms with Crippen molar-refractivity contribution in [3.63, 3.8) is 0 Å². The van der Waals surface area contributed by atoms with Crippen LogP contribution in [0.25, 0.3) is 0 Å². The lowest BCUT2D eigenvalue weighted by Gasteiger charge is -2.32. The number of carbonyl (C=O) groups is 1. The van der Waals surface area contributed by atoms with Crippen molar-refractivity contribution < 1.29 is 14.3 Å². The average Bonchev–Trinajstić information content (AvgIpc) is 1.95. The van der Waals surface area contributed by atoms with Crippen molar-refractivity contribution in [2.45, 2.75) is 37.4 Å². The molecule has 1 aliphatic carbocycles. The van der Waals surface area contributed by atoms with E-state index in [0.717, 1.165) is 6.42 Å². The van der Waals surface area contributed by atoms with E-state index < -0.39 is 17.7 Å². The summed E-state index contributed by atoms with van der Waals surface area (Å²) in [6, 6.07) is 0. The van der Waals surface area contributed by atoms with Crippen LogP contribution in [-0.2, 0) is 4.79 Å². The van der Waals surface area contributed by atoms with Gasteiger partial charge in [-0.25, -0.2) is 4.39 Å². The fraction of sp³-hybridized carbons (Fsp3) is 0.857. The Morgan fingerprint density at radius 1 is 1.64 bits per heavy atom. The zero-order chi connectivity index (χ0) is 8.48. The van der Waals surface area contributed by atoms with Crippen molar-refractivity contribution in [3.8, 4) is 0 Å². The molecule has 0 amide bonds. The summed E-state index contributed by atoms with van der Waals surface area (Å²) in [4.78, 5) is 10.5. The molecule has 0 spiro atoms. The van der Waals surface area contributed by atoms with E-state index in [9.17, 15) is 9.18 Å². The highest BCUT2D eigenvalue weighted by Gasteiger charge is 2.44. The topological polar surface area (TPSA) is 63.3 Å². The van der Waals surface area contributed by atoms with Gasteiger partial charge < -0.3 is 10.8 Å². The summed E-state index contributed by atoms with van der Waals surface area (Å²) >= 11 is 0. The molecule has 0 aliphatic heterocycles. The Balaban J connectivity index is 2.72. The Morgan fingerprint density at radius 3 is 2.64 bits per heavy atom. The third-order valence-electron chi connectivity index (χ3n) is 2.26. The molecular weight excluding hydrogens is 149 g/mol. The van der Waals surface area contributed by atoms with E-state index in [1.54, 1.807) is 0 Å². The van der Waals surface area contributed by atoms with Gasteiger partial charge in [0, 0.05) is 0 Å². The van der Waals surface area contributed by atoms with Gasteiger partial charge in [0.1, 0.15) is 11.7 Å². The summed E-state index contributed by atoms with van der Waals surface area (Å²) in [5, 5.41) is 8.60. The minimum Gasteiger partial charge on any atom is -0.480 e. The summed E-state index contributed by atoms with van der Waals surface area (Å²) in [6.45, 7) is 0. The number of aliphatic carboxylic acids is 1. The average molecular weight is 161 g/mol.